The first kappa shape index (κ1) is 15.3. The third kappa shape index (κ3) is 3.30. The van der Waals surface area contributed by atoms with Gasteiger partial charge in [0.25, 0.3) is 0 Å². The maximum atomic E-state index is 6.12. The lowest BCUT2D eigenvalue weighted by Crippen LogP contribution is -2.37. The summed E-state index contributed by atoms with van der Waals surface area (Å²) in [5.41, 5.74) is 0.891. The Labute approximate surface area is 125 Å². The largest absolute Gasteiger partial charge is 0.495 e. The standard InChI is InChI=1S/C15H22ClNO3/c1-18-13-7-5-4-6-11(13)17-12-9-14(19-2)10(16)8-15(12)20-3/h8-9,11,13,17H,4-7H2,1-3H3. The monoisotopic (exact) mass is 299 g/mol. The molecule has 0 amide bonds. The summed E-state index contributed by atoms with van der Waals surface area (Å²) in [5.74, 6) is 1.36. The van der Waals surface area contributed by atoms with Gasteiger partial charge in [-0.15, -0.1) is 0 Å². The van der Waals surface area contributed by atoms with Crippen molar-refractivity contribution in [2.75, 3.05) is 26.6 Å². The van der Waals surface area contributed by atoms with Gasteiger partial charge in [0.2, 0.25) is 0 Å². The fourth-order valence-corrected chi connectivity index (χ4v) is 2.95. The molecule has 0 saturated heterocycles. The maximum absolute atomic E-state index is 6.12. The summed E-state index contributed by atoms with van der Waals surface area (Å²) >= 11 is 6.12. The first-order valence-corrected chi connectivity index (χ1v) is 7.28. The number of benzene rings is 1. The summed E-state index contributed by atoms with van der Waals surface area (Å²) in [6.07, 6.45) is 4.84. The molecule has 0 aromatic heterocycles. The van der Waals surface area contributed by atoms with Crippen molar-refractivity contribution in [1.82, 2.24) is 0 Å². The van der Waals surface area contributed by atoms with Crippen molar-refractivity contribution in [3.8, 4) is 11.5 Å². The van der Waals surface area contributed by atoms with E-state index in [9.17, 15) is 0 Å². The maximum Gasteiger partial charge on any atom is 0.143 e. The van der Waals surface area contributed by atoms with Gasteiger partial charge < -0.3 is 19.5 Å². The van der Waals surface area contributed by atoms with Crippen LogP contribution in [-0.2, 0) is 4.74 Å². The van der Waals surface area contributed by atoms with Crippen LogP contribution in [0.15, 0.2) is 12.1 Å². The van der Waals surface area contributed by atoms with E-state index in [0.29, 0.717) is 10.8 Å². The molecule has 112 valence electrons. The van der Waals surface area contributed by atoms with Crippen LogP contribution in [0.1, 0.15) is 25.7 Å². The van der Waals surface area contributed by atoms with Gasteiger partial charge in [0.1, 0.15) is 11.5 Å². The van der Waals surface area contributed by atoms with Crippen molar-refractivity contribution in [1.29, 1.82) is 0 Å². The lowest BCUT2D eigenvalue weighted by atomic mass is 9.92. The quantitative estimate of drug-likeness (QED) is 0.899. The van der Waals surface area contributed by atoms with Crippen molar-refractivity contribution >= 4 is 17.3 Å². The number of hydrogen-bond donors (Lipinski definition) is 1. The molecular weight excluding hydrogens is 278 g/mol. The summed E-state index contributed by atoms with van der Waals surface area (Å²) < 4.78 is 16.2. The molecule has 0 heterocycles. The summed E-state index contributed by atoms with van der Waals surface area (Å²) in [6, 6.07) is 3.93. The van der Waals surface area contributed by atoms with Crippen LogP contribution in [0.5, 0.6) is 11.5 Å². The van der Waals surface area contributed by atoms with Crippen molar-refractivity contribution in [2.45, 2.75) is 37.8 Å². The summed E-state index contributed by atoms with van der Waals surface area (Å²) in [6.45, 7) is 0. The molecule has 4 nitrogen and oxygen atoms in total. The summed E-state index contributed by atoms with van der Waals surface area (Å²) in [5, 5.41) is 4.06. The van der Waals surface area contributed by atoms with Gasteiger partial charge in [-0.3, -0.25) is 0 Å². The first-order chi connectivity index (χ1) is 9.69. The van der Waals surface area contributed by atoms with Crippen molar-refractivity contribution < 1.29 is 14.2 Å². The van der Waals surface area contributed by atoms with Crippen LogP contribution < -0.4 is 14.8 Å². The minimum absolute atomic E-state index is 0.232. The van der Waals surface area contributed by atoms with Crippen LogP contribution in [0.2, 0.25) is 5.02 Å². The normalized spacial score (nSPS) is 22.4. The van der Waals surface area contributed by atoms with Crippen molar-refractivity contribution in [2.24, 2.45) is 0 Å². The van der Waals surface area contributed by atoms with E-state index >= 15 is 0 Å². The van der Waals surface area contributed by atoms with Gasteiger partial charge in [-0.25, -0.2) is 0 Å². The molecule has 1 fully saturated rings. The molecule has 20 heavy (non-hydrogen) atoms. The zero-order valence-electron chi connectivity index (χ0n) is 12.2. The Kier molecular flexibility index (Phi) is 5.38. The SMILES string of the molecule is COc1cc(NC2CCCCC2OC)c(OC)cc1Cl. The Hall–Kier alpha value is -1.13. The molecule has 2 atom stereocenters. The number of methoxy groups -OCH3 is 3. The molecule has 2 unspecified atom stereocenters. The third-order valence-electron chi connectivity index (χ3n) is 3.82. The van der Waals surface area contributed by atoms with E-state index in [0.717, 1.165) is 24.3 Å². The van der Waals surface area contributed by atoms with Crippen LogP contribution in [-0.4, -0.2) is 33.5 Å². The molecule has 1 aromatic carbocycles. The number of rotatable bonds is 5. The lowest BCUT2D eigenvalue weighted by molar-refractivity contribution is 0.0605. The second kappa shape index (κ2) is 7.04. The second-order valence-corrected chi connectivity index (χ2v) is 5.40. The molecule has 2 rings (SSSR count). The number of hydrogen-bond acceptors (Lipinski definition) is 4. The van der Waals surface area contributed by atoms with E-state index in [1.807, 2.05) is 6.07 Å². The van der Waals surface area contributed by atoms with Crippen LogP contribution >= 0.6 is 11.6 Å². The number of halogens is 1. The molecule has 1 aliphatic carbocycles. The van der Waals surface area contributed by atoms with Crippen LogP contribution in [0.25, 0.3) is 0 Å². The summed E-state index contributed by atoms with van der Waals surface area (Å²) in [7, 11) is 5.01. The first-order valence-electron chi connectivity index (χ1n) is 6.90. The molecule has 1 saturated carbocycles. The van der Waals surface area contributed by atoms with Gasteiger partial charge >= 0.3 is 0 Å². The second-order valence-electron chi connectivity index (χ2n) is 5.00. The minimum atomic E-state index is 0.232. The predicted octanol–water partition coefficient (Wildman–Crippen LogP) is 3.73. The lowest BCUT2D eigenvalue weighted by Gasteiger charge is -2.32. The van der Waals surface area contributed by atoms with E-state index in [1.54, 1.807) is 27.4 Å². The number of anilines is 1. The fourth-order valence-electron chi connectivity index (χ4n) is 2.72. The van der Waals surface area contributed by atoms with E-state index in [-0.39, 0.29) is 12.1 Å². The van der Waals surface area contributed by atoms with E-state index in [4.69, 9.17) is 25.8 Å². The van der Waals surface area contributed by atoms with E-state index in [1.165, 1.54) is 12.8 Å². The van der Waals surface area contributed by atoms with E-state index < -0.39 is 0 Å². The Bertz CT molecular complexity index is 453. The van der Waals surface area contributed by atoms with Gasteiger partial charge in [0.05, 0.1) is 37.1 Å². The number of nitrogens with one attached hydrogen (secondary N) is 1. The van der Waals surface area contributed by atoms with Gasteiger partial charge in [-0.05, 0) is 12.8 Å². The topological polar surface area (TPSA) is 39.7 Å². The molecule has 0 radical (unpaired) electrons. The Balaban J connectivity index is 2.22. The predicted molar refractivity (Wildman–Crippen MR) is 81.2 cm³/mol. The molecule has 1 N–H and O–H groups in total. The molecule has 5 heteroatoms. The van der Waals surface area contributed by atoms with Gasteiger partial charge in [-0.2, -0.15) is 0 Å². The highest BCUT2D eigenvalue weighted by Gasteiger charge is 2.26. The highest BCUT2D eigenvalue weighted by molar-refractivity contribution is 6.32. The fraction of sp³-hybridized carbons (Fsp3) is 0.600. The molecule has 0 bridgehead atoms. The van der Waals surface area contributed by atoms with Crippen LogP contribution in [0, 0.1) is 0 Å². The Morgan fingerprint density at radius 3 is 2.40 bits per heavy atom. The highest BCUT2D eigenvalue weighted by Crippen LogP contribution is 2.37. The molecular formula is C15H22ClNO3. The molecule has 0 aliphatic heterocycles. The van der Waals surface area contributed by atoms with E-state index in [2.05, 4.69) is 5.32 Å². The van der Waals surface area contributed by atoms with Gasteiger partial charge in [0, 0.05) is 19.2 Å². The molecule has 0 spiro atoms. The van der Waals surface area contributed by atoms with Crippen molar-refractivity contribution in [3.63, 3.8) is 0 Å². The average Bonchev–Trinajstić information content (AvgIpc) is 2.49. The van der Waals surface area contributed by atoms with Crippen molar-refractivity contribution in [3.05, 3.63) is 17.2 Å². The van der Waals surface area contributed by atoms with Crippen LogP contribution in [0.3, 0.4) is 0 Å². The van der Waals surface area contributed by atoms with Crippen LogP contribution in [0.4, 0.5) is 5.69 Å². The Morgan fingerprint density at radius 2 is 1.75 bits per heavy atom. The Morgan fingerprint density at radius 1 is 1.05 bits per heavy atom. The molecule has 1 aliphatic rings. The smallest absolute Gasteiger partial charge is 0.143 e. The highest BCUT2D eigenvalue weighted by atomic mass is 35.5. The third-order valence-corrected chi connectivity index (χ3v) is 4.12. The summed E-state index contributed by atoms with van der Waals surface area (Å²) in [4.78, 5) is 0. The van der Waals surface area contributed by atoms with Gasteiger partial charge in [-0.1, -0.05) is 24.4 Å². The minimum Gasteiger partial charge on any atom is -0.495 e. The van der Waals surface area contributed by atoms with Gasteiger partial charge in [0.15, 0.2) is 0 Å². The zero-order valence-corrected chi connectivity index (χ0v) is 13.0. The zero-order chi connectivity index (χ0) is 14.5. The number of ether oxygens (including phenoxy) is 3. The average molecular weight is 300 g/mol. The molecule has 1 aromatic rings.